The number of fused-ring (bicyclic) bond motifs is 3. The Morgan fingerprint density at radius 1 is 0.958 bits per heavy atom. The molecule has 0 saturated carbocycles. The Morgan fingerprint density at radius 3 is 2.25 bits per heavy atom. The zero-order valence-corrected chi connectivity index (χ0v) is 12.0. The molecule has 0 spiro atoms. The van der Waals surface area contributed by atoms with Crippen molar-refractivity contribution in [3.05, 3.63) is 28.1 Å². The van der Waals surface area contributed by atoms with Gasteiger partial charge in [-0.15, -0.1) is 0 Å². The van der Waals surface area contributed by atoms with E-state index in [1.807, 2.05) is 0 Å². The van der Waals surface area contributed by atoms with Crippen LogP contribution in [0.25, 0.3) is 21.7 Å². The van der Waals surface area contributed by atoms with Gasteiger partial charge in [-0.2, -0.15) is 0 Å². The molecule has 3 aromatic rings. The molecular formula is C15H10O9. The molecule has 0 radical (unpaired) electrons. The fourth-order valence-corrected chi connectivity index (χ4v) is 2.42. The molecule has 9 heteroatoms. The van der Waals surface area contributed by atoms with Crippen molar-refractivity contribution >= 4 is 27.7 Å². The lowest BCUT2D eigenvalue weighted by molar-refractivity contribution is 0.0597. The van der Waals surface area contributed by atoms with E-state index in [2.05, 4.69) is 4.74 Å². The van der Waals surface area contributed by atoms with Gasteiger partial charge < -0.3 is 34.7 Å². The van der Waals surface area contributed by atoms with Crippen molar-refractivity contribution in [2.24, 2.45) is 0 Å². The molecule has 0 atom stereocenters. The van der Waals surface area contributed by atoms with E-state index in [1.165, 1.54) is 0 Å². The van der Waals surface area contributed by atoms with Crippen molar-refractivity contribution in [3.8, 4) is 28.7 Å². The van der Waals surface area contributed by atoms with E-state index in [0.29, 0.717) is 0 Å². The van der Waals surface area contributed by atoms with Crippen LogP contribution in [0.5, 0.6) is 28.7 Å². The topological polar surface area (TPSA) is 158 Å². The normalized spacial score (nSPS) is 11.0. The maximum atomic E-state index is 12.0. The molecule has 0 aliphatic carbocycles. The Labute approximate surface area is 132 Å². The minimum Gasteiger partial charge on any atom is -0.504 e. The Morgan fingerprint density at radius 2 is 1.62 bits per heavy atom. The van der Waals surface area contributed by atoms with Crippen LogP contribution in [0.1, 0.15) is 10.4 Å². The van der Waals surface area contributed by atoms with Gasteiger partial charge in [0.2, 0.25) is 11.5 Å². The first-order chi connectivity index (χ1) is 11.3. The Bertz CT molecular complexity index is 1080. The third-order valence-electron chi connectivity index (χ3n) is 3.58. The standard InChI is InChI=1S/C15H10O9/c1-23-14(21)6-2-5-4-3-7(16)10(18)11(19)8(4)15(22)24-13(5)12(20)9(6)17/h2-3,16-20H,1H3. The number of benzene rings is 2. The first-order valence-corrected chi connectivity index (χ1v) is 6.45. The number of hydrogen-bond donors (Lipinski definition) is 5. The predicted molar refractivity (Wildman–Crippen MR) is 79.7 cm³/mol. The summed E-state index contributed by atoms with van der Waals surface area (Å²) < 4.78 is 9.34. The number of phenols is 5. The van der Waals surface area contributed by atoms with Crippen LogP contribution in [0, 0.1) is 0 Å². The van der Waals surface area contributed by atoms with Crippen LogP contribution < -0.4 is 5.63 Å². The van der Waals surface area contributed by atoms with Crippen molar-refractivity contribution in [2.45, 2.75) is 0 Å². The SMILES string of the molecule is COC(=O)c1cc2c(oc(=O)c3c(O)c(O)c(O)cc32)c(O)c1O. The third kappa shape index (κ3) is 1.88. The Hall–Kier alpha value is -3.62. The number of esters is 1. The highest BCUT2D eigenvalue weighted by Crippen LogP contribution is 2.45. The average molecular weight is 334 g/mol. The quantitative estimate of drug-likeness (QED) is 0.191. The summed E-state index contributed by atoms with van der Waals surface area (Å²) in [4.78, 5) is 23.7. The molecule has 9 nitrogen and oxygen atoms in total. The predicted octanol–water partition coefficient (Wildman–Crippen LogP) is 1.26. The van der Waals surface area contributed by atoms with Crippen LogP contribution in [0.3, 0.4) is 0 Å². The van der Waals surface area contributed by atoms with E-state index in [9.17, 15) is 35.1 Å². The molecule has 0 aliphatic heterocycles. The Balaban J connectivity index is 2.62. The molecule has 1 aromatic heterocycles. The molecule has 24 heavy (non-hydrogen) atoms. The molecule has 0 amide bonds. The van der Waals surface area contributed by atoms with Gasteiger partial charge in [0, 0.05) is 10.8 Å². The van der Waals surface area contributed by atoms with Gasteiger partial charge in [-0.25, -0.2) is 9.59 Å². The maximum Gasteiger partial charge on any atom is 0.348 e. The van der Waals surface area contributed by atoms with E-state index in [4.69, 9.17) is 4.42 Å². The summed E-state index contributed by atoms with van der Waals surface area (Å²) in [6.45, 7) is 0. The van der Waals surface area contributed by atoms with Gasteiger partial charge in [0.15, 0.2) is 22.8 Å². The summed E-state index contributed by atoms with van der Waals surface area (Å²) >= 11 is 0. The molecule has 124 valence electrons. The fourth-order valence-electron chi connectivity index (χ4n) is 2.42. The number of carbonyl (C=O) groups excluding carboxylic acids is 1. The van der Waals surface area contributed by atoms with E-state index >= 15 is 0 Å². The van der Waals surface area contributed by atoms with Crippen LogP contribution in [0.2, 0.25) is 0 Å². The van der Waals surface area contributed by atoms with Crippen molar-refractivity contribution in [1.82, 2.24) is 0 Å². The van der Waals surface area contributed by atoms with Crippen LogP contribution in [0.4, 0.5) is 0 Å². The molecule has 0 aliphatic rings. The number of hydrogen-bond acceptors (Lipinski definition) is 9. The molecule has 0 fully saturated rings. The van der Waals surface area contributed by atoms with Crippen LogP contribution >= 0.6 is 0 Å². The molecule has 5 N–H and O–H groups in total. The minimum absolute atomic E-state index is 0.0779. The summed E-state index contributed by atoms with van der Waals surface area (Å²) in [7, 11) is 1.06. The molecule has 0 bridgehead atoms. The second kappa shape index (κ2) is 4.95. The number of ether oxygens (including phenoxy) is 1. The van der Waals surface area contributed by atoms with Gasteiger partial charge in [-0.3, -0.25) is 0 Å². The van der Waals surface area contributed by atoms with Crippen molar-refractivity contribution in [3.63, 3.8) is 0 Å². The minimum atomic E-state index is -1.13. The molecule has 3 rings (SSSR count). The lowest BCUT2D eigenvalue weighted by Gasteiger charge is -2.11. The third-order valence-corrected chi connectivity index (χ3v) is 3.58. The van der Waals surface area contributed by atoms with E-state index in [-0.39, 0.29) is 10.8 Å². The number of carbonyl (C=O) groups is 1. The highest BCUT2D eigenvalue weighted by molar-refractivity contribution is 6.12. The molecular weight excluding hydrogens is 324 g/mol. The van der Waals surface area contributed by atoms with Gasteiger partial charge in [-0.1, -0.05) is 0 Å². The van der Waals surface area contributed by atoms with Gasteiger partial charge in [-0.05, 0) is 12.1 Å². The summed E-state index contributed by atoms with van der Waals surface area (Å²) in [5, 5.41) is 48.2. The highest BCUT2D eigenvalue weighted by atomic mass is 16.5. The maximum absolute atomic E-state index is 12.0. The molecule has 2 aromatic carbocycles. The summed E-state index contributed by atoms with van der Waals surface area (Å²) in [6, 6.07) is 2.00. The van der Waals surface area contributed by atoms with E-state index < -0.39 is 56.9 Å². The van der Waals surface area contributed by atoms with Crippen molar-refractivity contribution in [1.29, 1.82) is 0 Å². The Kier molecular flexibility index (Phi) is 3.15. The van der Waals surface area contributed by atoms with Crippen LogP contribution in [-0.4, -0.2) is 38.6 Å². The van der Waals surface area contributed by atoms with Crippen LogP contribution in [0.15, 0.2) is 21.3 Å². The summed E-state index contributed by atoms with van der Waals surface area (Å²) in [5.41, 5.74) is -2.03. The number of methoxy groups -OCH3 is 1. The van der Waals surface area contributed by atoms with Gasteiger partial charge in [0.1, 0.15) is 10.9 Å². The van der Waals surface area contributed by atoms with Gasteiger partial charge in [0.05, 0.1) is 7.11 Å². The van der Waals surface area contributed by atoms with Crippen molar-refractivity contribution in [2.75, 3.05) is 7.11 Å². The first-order valence-electron chi connectivity index (χ1n) is 6.45. The van der Waals surface area contributed by atoms with Crippen molar-refractivity contribution < 1.29 is 39.5 Å². The van der Waals surface area contributed by atoms with E-state index in [0.717, 1.165) is 19.2 Å². The highest BCUT2D eigenvalue weighted by Gasteiger charge is 2.24. The molecule has 1 heterocycles. The smallest absolute Gasteiger partial charge is 0.348 e. The number of rotatable bonds is 1. The van der Waals surface area contributed by atoms with Gasteiger partial charge in [0.25, 0.3) is 0 Å². The average Bonchev–Trinajstić information content (AvgIpc) is 2.55. The second-order valence-electron chi connectivity index (χ2n) is 4.89. The van der Waals surface area contributed by atoms with E-state index in [1.54, 1.807) is 0 Å². The largest absolute Gasteiger partial charge is 0.504 e. The second-order valence-corrected chi connectivity index (χ2v) is 4.89. The molecule has 0 saturated heterocycles. The fraction of sp³-hybridized carbons (Fsp3) is 0.0667. The number of aromatic hydroxyl groups is 5. The lowest BCUT2D eigenvalue weighted by Crippen LogP contribution is -2.04. The lowest BCUT2D eigenvalue weighted by atomic mass is 10.0. The first kappa shape index (κ1) is 15.3. The monoisotopic (exact) mass is 334 g/mol. The zero-order chi connectivity index (χ0) is 17.8. The summed E-state index contributed by atoms with van der Waals surface area (Å²) in [6.07, 6.45) is 0. The summed E-state index contributed by atoms with van der Waals surface area (Å²) in [5.74, 6) is -5.31. The number of phenolic OH excluding ortho intramolecular Hbond substituents is 5. The zero-order valence-electron chi connectivity index (χ0n) is 12.0. The molecule has 0 unspecified atom stereocenters. The van der Waals surface area contributed by atoms with Crippen LogP contribution in [-0.2, 0) is 4.74 Å². The van der Waals surface area contributed by atoms with Gasteiger partial charge >= 0.3 is 11.6 Å².